The van der Waals surface area contributed by atoms with Crippen molar-refractivity contribution in [3.8, 4) is 0 Å². The summed E-state index contributed by atoms with van der Waals surface area (Å²) < 4.78 is 0. The number of benzene rings is 1. The zero-order valence-electron chi connectivity index (χ0n) is 12.7. The lowest BCUT2D eigenvalue weighted by Gasteiger charge is -2.13. The summed E-state index contributed by atoms with van der Waals surface area (Å²) >= 11 is 0. The topological polar surface area (TPSA) is 70.2 Å². The van der Waals surface area contributed by atoms with Gasteiger partial charge in [-0.1, -0.05) is 24.3 Å². The highest BCUT2D eigenvalue weighted by atomic mass is 16.2. The molecule has 1 saturated carbocycles. The molecule has 2 aliphatic carbocycles. The Balaban J connectivity index is 1.35. The summed E-state index contributed by atoms with van der Waals surface area (Å²) in [5.74, 6) is 0.916. The van der Waals surface area contributed by atoms with Crippen LogP contribution in [0, 0.1) is 5.92 Å². The maximum atomic E-state index is 11.8. The number of carbonyl (C=O) groups excluding carboxylic acids is 2. The molecule has 1 aromatic rings. The van der Waals surface area contributed by atoms with E-state index >= 15 is 0 Å². The van der Waals surface area contributed by atoms with Crippen LogP contribution in [0.2, 0.25) is 0 Å². The van der Waals surface area contributed by atoms with E-state index in [-0.39, 0.29) is 18.5 Å². The van der Waals surface area contributed by atoms with Gasteiger partial charge in [0.15, 0.2) is 0 Å². The Hall–Kier alpha value is -2.04. The summed E-state index contributed by atoms with van der Waals surface area (Å²) in [7, 11) is 0. The van der Waals surface area contributed by atoms with Gasteiger partial charge in [-0.05, 0) is 42.7 Å². The summed E-state index contributed by atoms with van der Waals surface area (Å²) in [6.07, 6.45) is 4.56. The van der Waals surface area contributed by atoms with Crippen LogP contribution in [0.3, 0.4) is 0 Å². The van der Waals surface area contributed by atoms with Gasteiger partial charge >= 0.3 is 6.03 Å². The number of rotatable bonds is 6. The second-order valence-corrected chi connectivity index (χ2v) is 6.25. The highest BCUT2D eigenvalue weighted by Crippen LogP contribution is 2.32. The molecule has 3 rings (SSSR count). The summed E-state index contributed by atoms with van der Waals surface area (Å²) in [5, 5.41) is 8.31. The Labute approximate surface area is 130 Å². The van der Waals surface area contributed by atoms with Gasteiger partial charge in [0.2, 0.25) is 5.91 Å². The lowest BCUT2D eigenvalue weighted by atomic mass is 10.0. The molecule has 0 radical (unpaired) electrons. The molecule has 3 amide bonds. The van der Waals surface area contributed by atoms with Crippen LogP contribution in [-0.4, -0.2) is 31.6 Å². The summed E-state index contributed by atoms with van der Waals surface area (Å²) in [6, 6.07) is 8.12. The monoisotopic (exact) mass is 301 g/mol. The van der Waals surface area contributed by atoms with Gasteiger partial charge in [0.05, 0.1) is 6.54 Å². The molecule has 3 N–H and O–H groups in total. The van der Waals surface area contributed by atoms with Gasteiger partial charge in [-0.15, -0.1) is 0 Å². The standard InChI is InChI=1S/C17H23N3O2/c21-16(18-9-12-5-6-12)11-20-17(22)19-10-14-8-7-13-3-1-2-4-15(13)14/h1-4,12,14H,5-11H2,(H,18,21)(H2,19,20,22)/t14-/m0/s1. The molecule has 0 unspecified atom stereocenters. The van der Waals surface area contributed by atoms with E-state index in [1.165, 1.54) is 24.0 Å². The van der Waals surface area contributed by atoms with Crippen LogP contribution in [0.15, 0.2) is 24.3 Å². The van der Waals surface area contributed by atoms with Crippen molar-refractivity contribution < 1.29 is 9.59 Å². The third-order valence-corrected chi connectivity index (χ3v) is 4.46. The molecule has 118 valence electrons. The quantitative estimate of drug-likeness (QED) is 0.746. The molecule has 0 saturated heterocycles. The SMILES string of the molecule is O=C(CNC(=O)NC[C@@H]1CCc2ccccc21)NCC1CC1. The first-order valence-electron chi connectivity index (χ1n) is 8.08. The Morgan fingerprint density at radius 1 is 1.00 bits per heavy atom. The van der Waals surface area contributed by atoms with Gasteiger partial charge < -0.3 is 16.0 Å². The van der Waals surface area contributed by atoms with Crippen molar-refractivity contribution in [1.82, 2.24) is 16.0 Å². The number of carbonyl (C=O) groups is 2. The first-order chi connectivity index (χ1) is 10.7. The number of aryl methyl sites for hydroxylation is 1. The molecular weight excluding hydrogens is 278 g/mol. The number of fused-ring (bicyclic) bond motifs is 1. The fourth-order valence-corrected chi connectivity index (χ4v) is 2.94. The zero-order chi connectivity index (χ0) is 15.4. The minimum absolute atomic E-state index is 0.0415. The zero-order valence-corrected chi connectivity index (χ0v) is 12.7. The maximum Gasteiger partial charge on any atom is 0.315 e. The van der Waals surface area contributed by atoms with E-state index in [1.807, 2.05) is 6.07 Å². The second kappa shape index (κ2) is 6.81. The van der Waals surface area contributed by atoms with Crippen molar-refractivity contribution in [3.05, 3.63) is 35.4 Å². The first-order valence-corrected chi connectivity index (χ1v) is 8.08. The summed E-state index contributed by atoms with van der Waals surface area (Å²) in [5.41, 5.74) is 2.72. The second-order valence-electron chi connectivity index (χ2n) is 6.25. The van der Waals surface area contributed by atoms with Gasteiger partial charge in [0.25, 0.3) is 0 Å². The lowest BCUT2D eigenvalue weighted by molar-refractivity contribution is -0.120. The molecule has 0 aromatic heterocycles. The largest absolute Gasteiger partial charge is 0.354 e. The number of amides is 3. The molecule has 1 atom stereocenters. The molecule has 22 heavy (non-hydrogen) atoms. The minimum atomic E-state index is -0.272. The van der Waals surface area contributed by atoms with Gasteiger partial charge in [-0.3, -0.25) is 4.79 Å². The van der Waals surface area contributed by atoms with E-state index in [0.717, 1.165) is 19.4 Å². The molecule has 1 fully saturated rings. The molecule has 5 nitrogen and oxygen atoms in total. The molecule has 0 heterocycles. The van der Waals surface area contributed by atoms with E-state index in [2.05, 4.69) is 34.1 Å². The van der Waals surface area contributed by atoms with Crippen LogP contribution >= 0.6 is 0 Å². The Kier molecular flexibility index (Phi) is 4.61. The molecule has 2 aliphatic rings. The Bertz CT molecular complexity index is 555. The van der Waals surface area contributed by atoms with Crippen LogP contribution in [0.4, 0.5) is 4.79 Å². The smallest absolute Gasteiger partial charge is 0.315 e. The summed E-state index contributed by atoms with van der Waals surface area (Å²) in [4.78, 5) is 23.3. The Morgan fingerprint density at radius 2 is 1.82 bits per heavy atom. The van der Waals surface area contributed by atoms with Crippen LogP contribution < -0.4 is 16.0 Å². The Morgan fingerprint density at radius 3 is 2.64 bits per heavy atom. The van der Waals surface area contributed by atoms with Crippen LogP contribution in [-0.2, 0) is 11.2 Å². The number of nitrogens with one attached hydrogen (secondary N) is 3. The summed E-state index contributed by atoms with van der Waals surface area (Å²) in [6.45, 7) is 1.40. The molecule has 0 aliphatic heterocycles. The predicted octanol–water partition coefficient (Wildman–Crippen LogP) is 1.54. The molecule has 0 spiro atoms. The number of hydrogen-bond acceptors (Lipinski definition) is 2. The van der Waals surface area contributed by atoms with E-state index in [1.54, 1.807) is 0 Å². The minimum Gasteiger partial charge on any atom is -0.354 e. The fraction of sp³-hybridized carbons (Fsp3) is 0.529. The highest BCUT2D eigenvalue weighted by Gasteiger charge is 2.23. The van der Waals surface area contributed by atoms with Crippen molar-refractivity contribution >= 4 is 11.9 Å². The maximum absolute atomic E-state index is 11.8. The first kappa shape index (κ1) is 14.9. The molecule has 1 aromatic carbocycles. The average Bonchev–Trinajstić information content (AvgIpc) is 3.28. The normalized spacial score (nSPS) is 19.4. The van der Waals surface area contributed by atoms with Crippen molar-refractivity contribution in [2.75, 3.05) is 19.6 Å². The van der Waals surface area contributed by atoms with Crippen LogP contribution in [0.25, 0.3) is 0 Å². The van der Waals surface area contributed by atoms with E-state index in [4.69, 9.17) is 0 Å². The van der Waals surface area contributed by atoms with Gasteiger partial charge in [0, 0.05) is 19.0 Å². The van der Waals surface area contributed by atoms with Crippen molar-refractivity contribution in [2.24, 2.45) is 5.92 Å². The lowest BCUT2D eigenvalue weighted by Crippen LogP contribution is -2.43. The van der Waals surface area contributed by atoms with E-state index in [9.17, 15) is 9.59 Å². The van der Waals surface area contributed by atoms with Crippen molar-refractivity contribution in [1.29, 1.82) is 0 Å². The van der Waals surface area contributed by atoms with Crippen molar-refractivity contribution in [2.45, 2.75) is 31.6 Å². The third-order valence-electron chi connectivity index (χ3n) is 4.46. The average molecular weight is 301 g/mol. The third kappa shape index (κ3) is 4.00. The fourth-order valence-electron chi connectivity index (χ4n) is 2.94. The number of urea groups is 1. The van der Waals surface area contributed by atoms with Gasteiger partial charge in [0.1, 0.15) is 0 Å². The molecule has 0 bridgehead atoms. The van der Waals surface area contributed by atoms with Crippen LogP contribution in [0.1, 0.15) is 36.3 Å². The van der Waals surface area contributed by atoms with E-state index in [0.29, 0.717) is 18.4 Å². The van der Waals surface area contributed by atoms with Gasteiger partial charge in [-0.25, -0.2) is 4.79 Å². The van der Waals surface area contributed by atoms with Crippen molar-refractivity contribution in [3.63, 3.8) is 0 Å². The molecule has 5 heteroatoms. The van der Waals surface area contributed by atoms with E-state index < -0.39 is 0 Å². The van der Waals surface area contributed by atoms with Gasteiger partial charge in [-0.2, -0.15) is 0 Å². The molecular formula is C17H23N3O2. The highest BCUT2D eigenvalue weighted by molar-refractivity contribution is 5.83. The number of hydrogen-bond donors (Lipinski definition) is 3. The predicted molar refractivity (Wildman–Crippen MR) is 84.6 cm³/mol. The van der Waals surface area contributed by atoms with Crippen LogP contribution in [0.5, 0.6) is 0 Å².